The topological polar surface area (TPSA) is 55.6 Å². The SMILES string of the molecule is Cc1oc(-c2ccc(F)cc2)nc1CC(=O)N1CCOC(c2ccccc2)C1. The molecular formula is C22H21FN2O3. The van der Waals surface area contributed by atoms with E-state index < -0.39 is 0 Å². The summed E-state index contributed by atoms with van der Waals surface area (Å²) in [5.41, 5.74) is 2.35. The lowest BCUT2D eigenvalue weighted by Gasteiger charge is -2.33. The number of amides is 1. The highest BCUT2D eigenvalue weighted by Crippen LogP contribution is 2.25. The van der Waals surface area contributed by atoms with Crippen molar-refractivity contribution in [3.8, 4) is 11.5 Å². The molecule has 28 heavy (non-hydrogen) atoms. The van der Waals surface area contributed by atoms with E-state index in [1.807, 2.05) is 35.2 Å². The number of aromatic nitrogens is 1. The van der Waals surface area contributed by atoms with Crippen LogP contribution in [-0.2, 0) is 16.0 Å². The minimum Gasteiger partial charge on any atom is -0.441 e. The van der Waals surface area contributed by atoms with E-state index in [4.69, 9.17) is 9.15 Å². The fourth-order valence-electron chi connectivity index (χ4n) is 3.31. The van der Waals surface area contributed by atoms with Crippen molar-refractivity contribution in [3.63, 3.8) is 0 Å². The summed E-state index contributed by atoms with van der Waals surface area (Å²) in [4.78, 5) is 19.1. The Balaban J connectivity index is 1.45. The molecule has 1 aliphatic heterocycles. The Hall–Kier alpha value is -2.99. The van der Waals surface area contributed by atoms with Crippen LogP contribution in [-0.4, -0.2) is 35.5 Å². The van der Waals surface area contributed by atoms with Gasteiger partial charge in [0, 0.05) is 12.1 Å². The van der Waals surface area contributed by atoms with E-state index in [0.29, 0.717) is 42.6 Å². The number of halogens is 1. The second-order valence-electron chi connectivity index (χ2n) is 6.82. The molecule has 1 fully saturated rings. The number of carbonyl (C=O) groups excluding carboxylic acids is 1. The van der Waals surface area contributed by atoms with Crippen LogP contribution >= 0.6 is 0 Å². The number of morpholine rings is 1. The molecule has 0 bridgehead atoms. The highest BCUT2D eigenvalue weighted by Gasteiger charge is 2.26. The quantitative estimate of drug-likeness (QED) is 0.688. The maximum atomic E-state index is 13.1. The fraction of sp³-hybridized carbons (Fsp3) is 0.273. The van der Waals surface area contributed by atoms with Gasteiger partial charge < -0.3 is 14.1 Å². The number of aryl methyl sites for hydroxylation is 1. The standard InChI is InChI=1S/C22H21FN2O3/c1-15-19(24-22(28-15)17-7-9-18(23)10-8-17)13-21(26)25-11-12-27-20(14-25)16-5-3-2-4-6-16/h2-10,20H,11-14H2,1H3. The van der Waals surface area contributed by atoms with Crippen LogP contribution in [0, 0.1) is 12.7 Å². The second kappa shape index (κ2) is 7.94. The molecule has 0 spiro atoms. The first-order valence-electron chi connectivity index (χ1n) is 9.27. The monoisotopic (exact) mass is 380 g/mol. The molecule has 3 aromatic rings. The van der Waals surface area contributed by atoms with E-state index in [-0.39, 0.29) is 24.2 Å². The Bertz CT molecular complexity index is 954. The van der Waals surface area contributed by atoms with E-state index in [0.717, 1.165) is 5.56 Å². The molecule has 1 aromatic heterocycles. The largest absolute Gasteiger partial charge is 0.441 e. The Morgan fingerprint density at radius 1 is 1.18 bits per heavy atom. The average molecular weight is 380 g/mol. The van der Waals surface area contributed by atoms with Gasteiger partial charge in [-0.3, -0.25) is 4.79 Å². The number of oxazole rings is 1. The summed E-state index contributed by atoms with van der Waals surface area (Å²) in [5.74, 6) is 0.666. The highest BCUT2D eigenvalue weighted by atomic mass is 19.1. The van der Waals surface area contributed by atoms with Crippen LogP contribution in [0.1, 0.15) is 23.1 Å². The number of nitrogens with zero attached hydrogens (tertiary/aromatic N) is 2. The molecule has 5 nitrogen and oxygen atoms in total. The number of rotatable bonds is 4. The average Bonchev–Trinajstić information content (AvgIpc) is 3.09. The van der Waals surface area contributed by atoms with Gasteiger partial charge in [-0.1, -0.05) is 30.3 Å². The maximum Gasteiger partial charge on any atom is 0.228 e. The molecule has 2 heterocycles. The van der Waals surface area contributed by atoms with Crippen LogP contribution in [0.25, 0.3) is 11.5 Å². The van der Waals surface area contributed by atoms with Gasteiger partial charge in [-0.25, -0.2) is 9.37 Å². The van der Waals surface area contributed by atoms with Crippen molar-refractivity contribution in [1.29, 1.82) is 0 Å². The molecule has 1 atom stereocenters. The van der Waals surface area contributed by atoms with E-state index in [1.54, 1.807) is 19.1 Å². The van der Waals surface area contributed by atoms with Crippen LogP contribution in [0.2, 0.25) is 0 Å². The van der Waals surface area contributed by atoms with Crippen molar-refractivity contribution in [2.45, 2.75) is 19.4 Å². The van der Waals surface area contributed by atoms with Gasteiger partial charge in [-0.05, 0) is 36.8 Å². The lowest BCUT2D eigenvalue weighted by atomic mass is 10.1. The number of hydrogen-bond acceptors (Lipinski definition) is 4. The van der Waals surface area contributed by atoms with Crippen LogP contribution in [0.15, 0.2) is 59.0 Å². The van der Waals surface area contributed by atoms with Gasteiger partial charge >= 0.3 is 0 Å². The number of ether oxygens (including phenoxy) is 1. The van der Waals surface area contributed by atoms with Crippen molar-refractivity contribution in [2.24, 2.45) is 0 Å². The molecular weight excluding hydrogens is 359 g/mol. The van der Waals surface area contributed by atoms with Crippen LogP contribution in [0.4, 0.5) is 4.39 Å². The van der Waals surface area contributed by atoms with Crippen LogP contribution in [0.5, 0.6) is 0 Å². The molecule has 1 amide bonds. The zero-order valence-electron chi connectivity index (χ0n) is 15.6. The predicted octanol–water partition coefficient (Wildman–Crippen LogP) is 3.93. The summed E-state index contributed by atoms with van der Waals surface area (Å²) in [5, 5.41) is 0. The van der Waals surface area contributed by atoms with Crippen molar-refractivity contribution >= 4 is 5.91 Å². The third-order valence-electron chi connectivity index (χ3n) is 4.89. The lowest BCUT2D eigenvalue weighted by molar-refractivity contribution is -0.138. The van der Waals surface area contributed by atoms with Crippen molar-refractivity contribution in [3.05, 3.63) is 77.4 Å². The van der Waals surface area contributed by atoms with Gasteiger partial charge in [0.1, 0.15) is 17.7 Å². The van der Waals surface area contributed by atoms with Crippen molar-refractivity contribution in [2.75, 3.05) is 19.7 Å². The molecule has 2 aromatic carbocycles. The van der Waals surface area contributed by atoms with Crippen LogP contribution < -0.4 is 0 Å². The molecule has 4 rings (SSSR count). The Morgan fingerprint density at radius 3 is 2.68 bits per heavy atom. The minimum atomic E-state index is -0.317. The second-order valence-corrected chi connectivity index (χ2v) is 6.82. The summed E-state index contributed by atoms with van der Waals surface area (Å²) in [7, 11) is 0. The fourth-order valence-corrected chi connectivity index (χ4v) is 3.31. The van der Waals surface area contributed by atoms with Crippen molar-refractivity contribution < 1.29 is 18.3 Å². The normalized spacial score (nSPS) is 16.9. The number of carbonyl (C=O) groups is 1. The van der Waals surface area contributed by atoms with Gasteiger partial charge in [-0.15, -0.1) is 0 Å². The molecule has 1 unspecified atom stereocenters. The molecule has 0 radical (unpaired) electrons. The third-order valence-corrected chi connectivity index (χ3v) is 4.89. The number of hydrogen-bond donors (Lipinski definition) is 0. The maximum absolute atomic E-state index is 13.1. The molecule has 144 valence electrons. The van der Waals surface area contributed by atoms with Gasteiger partial charge in [0.25, 0.3) is 0 Å². The predicted molar refractivity (Wildman–Crippen MR) is 102 cm³/mol. The lowest BCUT2D eigenvalue weighted by Crippen LogP contribution is -2.43. The third kappa shape index (κ3) is 3.97. The zero-order valence-corrected chi connectivity index (χ0v) is 15.6. The molecule has 1 aliphatic rings. The summed E-state index contributed by atoms with van der Waals surface area (Å²) in [6.45, 7) is 3.37. The first kappa shape index (κ1) is 18.4. The minimum absolute atomic E-state index is 0.00807. The van der Waals surface area contributed by atoms with Gasteiger partial charge in [0.15, 0.2) is 0 Å². The Morgan fingerprint density at radius 2 is 1.93 bits per heavy atom. The first-order chi connectivity index (χ1) is 13.6. The van der Waals surface area contributed by atoms with E-state index >= 15 is 0 Å². The highest BCUT2D eigenvalue weighted by molar-refractivity contribution is 5.79. The number of benzene rings is 2. The summed E-state index contributed by atoms with van der Waals surface area (Å²) in [6.07, 6.45) is 0.0463. The van der Waals surface area contributed by atoms with Gasteiger partial charge in [0.05, 0.1) is 25.3 Å². The Kier molecular flexibility index (Phi) is 5.21. The molecule has 0 N–H and O–H groups in total. The molecule has 6 heteroatoms. The molecule has 0 saturated carbocycles. The summed E-state index contributed by atoms with van der Waals surface area (Å²) >= 11 is 0. The molecule has 1 saturated heterocycles. The Labute approximate surface area is 162 Å². The first-order valence-corrected chi connectivity index (χ1v) is 9.27. The van der Waals surface area contributed by atoms with E-state index in [1.165, 1.54) is 12.1 Å². The molecule has 0 aliphatic carbocycles. The summed E-state index contributed by atoms with van der Waals surface area (Å²) < 4.78 is 24.6. The smallest absolute Gasteiger partial charge is 0.228 e. The van der Waals surface area contributed by atoms with Gasteiger partial charge in [-0.2, -0.15) is 0 Å². The zero-order chi connectivity index (χ0) is 19.5. The van der Waals surface area contributed by atoms with E-state index in [9.17, 15) is 9.18 Å². The van der Waals surface area contributed by atoms with Crippen LogP contribution in [0.3, 0.4) is 0 Å². The van der Waals surface area contributed by atoms with Gasteiger partial charge in [0.2, 0.25) is 11.8 Å². The van der Waals surface area contributed by atoms with E-state index in [2.05, 4.69) is 4.98 Å². The van der Waals surface area contributed by atoms with Crippen molar-refractivity contribution in [1.82, 2.24) is 9.88 Å². The summed E-state index contributed by atoms with van der Waals surface area (Å²) in [6, 6.07) is 15.8.